The van der Waals surface area contributed by atoms with Crippen LogP contribution in [-0.4, -0.2) is 40.6 Å². The average Bonchev–Trinajstić information content (AvgIpc) is 3.16. The van der Waals surface area contributed by atoms with E-state index in [1.807, 2.05) is 11.8 Å². The Bertz CT molecular complexity index is 498. The van der Waals surface area contributed by atoms with Crippen molar-refractivity contribution in [2.45, 2.75) is 39.0 Å². The van der Waals surface area contributed by atoms with Crippen molar-refractivity contribution < 1.29 is 9.90 Å². The molecule has 2 fully saturated rings. The summed E-state index contributed by atoms with van der Waals surface area (Å²) in [5.41, 5.74) is 2.49. The molecule has 4 nitrogen and oxygen atoms in total. The highest BCUT2D eigenvalue weighted by Gasteiger charge is 2.41. The molecular formula is C15H22N2O2S. The number of hydrogen-bond acceptors (Lipinski definition) is 4. The summed E-state index contributed by atoms with van der Waals surface area (Å²) in [6.07, 6.45) is 5.71. The van der Waals surface area contributed by atoms with E-state index in [2.05, 4.69) is 4.98 Å². The molecular weight excluding hydrogens is 272 g/mol. The van der Waals surface area contributed by atoms with Gasteiger partial charge < -0.3 is 10.0 Å². The van der Waals surface area contributed by atoms with E-state index in [1.165, 1.54) is 24.2 Å². The van der Waals surface area contributed by atoms with Crippen molar-refractivity contribution in [3.63, 3.8) is 0 Å². The van der Waals surface area contributed by atoms with Crippen LogP contribution in [0.2, 0.25) is 0 Å². The van der Waals surface area contributed by atoms with Gasteiger partial charge in [0.2, 0.25) is 0 Å². The zero-order valence-corrected chi connectivity index (χ0v) is 12.8. The number of likely N-dealkylation sites (tertiary alicyclic amines) is 1. The Kier molecular flexibility index (Phi) is 3.82. The average molecular weight is 294 g/mol. The van der Waals surface area contributed by atoms with E-state index in [0.29, 0.717) is 6.54 Å². The topological polar surface area (TPSA) is 53.4 Å². The molecule has 0 unspecified atom stereocenters. The standard InChI is InChI=1S/C15H22N2O2S/c1-11-13(20-10-16-11)14(19)17-6-2-5-15(8-17,9-18)7-12-3-4-12/h10,12,18H,2-9H2,1H3/t15-/m1/s1. The van der Waals surface area contributed by atoms with Crippen LogP contribution >= 0.6 is 11.3 Å². The number of amides is 1. The van der Waals surface area contributed by atoms with Crippen molar-refractivity contribution in [2.75, 3.05) is 19.7 Å². The maximum atomic E-state index is 12.6. The zero-order chi connectivity index (χ0) is 14.2. The van der Waals surface area contributed by atoms with Gasteiger partial charge in [-0.25, -0.2) is 4.98 Å². The van der Waals surface area contributed by atoms with Crippen molar-refractivity contribution in [1.82, 2.24) is 9.88 Å². The molecule has 0 bridgehead atoms. The number of hydrogen-bond donors (Lipinski definition) is 1. The molecule has 5 heteroatoms. The Labute approximate surface area is 123 Å². The predicted molar refractivity (Wildman–Crippen MR) is 78.8 cm³/mol. The minimum absolute atomic E-state index is 0.0618. The number of aliphatic hydroxyl groups excluding tert-OH is 1. The molecule has 1 aromatic heterocycles. The zero-order valence-electron chi connectivity index (χ0n) is 12.0. The molecule has 110 valence electrons. The molecule has 1 aromatic rings. The molecule has 0 aromatic carbocycles. The third-order valence-corrected chi connectivity index (χ3v) is 5.56. The van der Waals surface area contributed by atoms with E-state index in [0.717, 1.165) is 42.3 Å². The van der Waals surface area contributed by atoms with Crippen LogP contribution in [0.4, 0.5) is 0 Å². The van der Waals surface area contributed by atoms with Gasteiger partial charge in [-0.1, -0.05) is 12.8 Å². The lowest BCUT2D eigenvalue weighted by Gasteiger charge is -2.42. The van der Waals surface area contributed by atoms with E-state index in [1.54, 1.807) is 5.51 Å². The van der Waals surface area contributed by atoms with Gasteiger partial charge in [0.1, 0.15) is 4.88 Å². The number of piperidine rings is 1. The Balaban J connectivity index is 1.73. The lowest BCUT2D eigenvalue weighted by Crippen LogP contribution is -2.48. The first kappa shape index (κ1) is 14.0. The largest absolute Gasteiger partial charge is 0.396 e. The second kappa shape index (κ2) is 5.45. The third kappa shape index (κ3) is 2.74. The Hall–Kier alpha value is -0.940. The van der Waals surface area contributed by atoms with Gasteiger partial charge in [0.25, 0.3) is 5.91 Å². The molecule has 20 heavy (non-hydrogen) atoms. The molecule has 1 N–H and O–H groups in total. The third-order valence-electron chi connectivity index (χ3n) is 4.64. The molecule has 1 aliphatic heterocycles. The number of aryl methyl sites for hydroxylation is 1. The van der Waals surface area contributed by atoms with Crippen molar-refractivity contribution in [2.24, 2.45) is 11.3 Å². The van der Waals surface area contributed by atoms with Crippen LogP contribution < -0.4 is 0 Å². The van der Waals surface area contributed by atoms with Gasteiger partial charge in [-0.15, -0.1) is 11.3 Å². The first-order valence-corrected chi connectivity index (χ1v) is 8.32. The first-order chi connectivity index (χ1) is 9.63. The SMILES string of the molecule is Cc1ncsc1C(=O)N1CCC[C@@](CO)(CC2CC2)C1. The highest BCUT2D eigenvalue weighted by molar-refractivity contribution is 7.11. The number of aromatic nitrogens is 1. The van der Waals surface area contributed by atoms with Gasteiger partial charge in [0.15, 0.2) is 0 Å². The van der Waals surface area contributed by atoms with E-state index < -0.39 is 0 Å². The number of carbonyl (C=O) groups is 1. The molecule has 2 aliphatic rings. The quantitative estimate of drug-likeness (QED) is 0.928. The Morgan fingerprint density at radius 3 is 3.00 bits per heavy atom. The fourth-order valence-electron chi connectivity index (χ4n) is 3.33. The fourth-order valence-corrected chi connectivity index (χ4v) is 4.10. The number of thiazole rings is 1. The predicted octanol–water partition coefficient (Wildman–Crippen LogP) is 2.47. The van der Waals surface area contributed by atoms with E-state index in [-0.39, 0.29) is 17.9 Å². The second-order valence-corrected chi connectivity index (χ2v) is 7.26. The van der Waals surface area contributed by atoms with Crippen molar-refractivity contribution in [1.29, 1.82) is 0 Å². The molecule has 0 radical (unpaired) electrons. The molecule has 1 amide bonds. The van der Waals surface area contributed by atoms with Crippen LogP contribution in [0.15, 0.2) is 5.51 Å². The van der Waals surface area contributed by atoms with Gasteiger partial charge in [-0.3, -0.25) is 4.79 Å². The lowest BCUT2D eigenvalue weighted by atomic mass is 9.76. The van der Waals surface area contributed by atoms with Gasteiger partial charge in [-0.2, -0.15) is 0 Å². The van der Waals surface area contributed by atoms with E-state index in [4.69, 9.17) is 0 Å². The summed E-state index contributed by atoms with van der Waals surface area (Å²) >= 11 is 1.42. The summed E-state index contributed by atoms with van der Waals surface area (Å²) in [5, 5.41) is 9.86. The van der Waals surface area contributed by atoms with Crippen LogP contribution in [-0.2, 0) is 0 Å². The maximum absolute atomic E-state index is 12.6. The monoisotopic (exact) mass is 294 g/mol. The highest BCUT2D eigenvalue weighted by Crippen LogP contribution is 2.44. The first-order valence-electron chi connectivity index (χ1n) is 7.44. The summed E-state index contributed by atoms with van der Waals surface area (Å²) in [4.78, 5) is 19.5. The summed E-state index contributed by atoms with van der Waals surface area (Å²) in [6, 6.07) is 0. The van der Waals surface area contributed by atoms with E-state index in [9.17, 15) is 9.90 Å². The van der Waals surface area contributed by atoms with Crippen LogP contribution in [0.1, 0.15) is 47.5 Å². The van der Waals surface area contributed by atoms with Gasteiger partial charge in [-0.05, 0) is 32.1 Å². The van der Waals surface area contributed by atoms with Crippen LogP contribution in [0.5, 0.6) is 0 Å². The minimum atomic E-state index is -0.0618. The maximum Gasteiger partial charge on any atom is 0.265 e. The Morgan fingerprint density at radius 2 is 2.40 bits per heavy atom. The molecule has 1 atom stereocenters. The fraction of sp³-hybridized carbons (Fsp3) is 0.733. The number of carbonyl (C=O) groups excluding carboxylic acids is 1. The highest BCUT2D eigenvalue weighted by atomic mass is 32.1. The number of rotatable bonds is 4. The van der Waals surface area contributed by atoms with Gasteiger partial charge >= 0.3 is 0 Å². The molecule has 1 saturated carbocycles. The van der Waals surface area contributed by atoms with Crippen LogP contribution in [0.25, 0.3) is 0 Å². The minimum Gasteiger partial charge on any atom is -0.396 e. The summed E-state index contributed by atoms with van der Waals surface area (Å²) < 4.78 is 0. The molecule has 3 rings (SSSR count). The van der Waals surface area contributed by atoms with Crippen LogP contribution in [0, 0.1) is 18.3 Å². The van der Waals surface area contributed by atoms with Crippen molar-refractivity contribution in [3.8, 4) is 0 Å². The van der Waals surface area contributed by atoms with Crippen molar-refractivity contribution in [3.05, 3.63) is 16.1 Å². The van der Waals surface area contributed by atoms with Gasteiger partial charge in [0, 0.05) is 18.5 Å². The van der Waals surface area contributed by atoms with Crippen molar-refractivity contribution >= 4 is 17.2 Å². The summed E-state index contributed by atoms with van der Waals surface area (Å²) in [6.45, 7) is 3.60. The molecule has 1 aliphatic carbocycles. The van der Waals surface area contributed by atoms with E-state index >= 15 is 0 Å². The van der Waals surface area contributed by atoms with Gasteiger partial charge in [0.05, 0.1) is 17.8 Å². The van der Waals surface area contributed by atoms with Crippen LogP contribution in [0.3, 0.4) is 0 Å². The molecule has 2 heterocycles. The lowest BCUT2D eigenvalue weighted by molar-refractivity contribution is 0.0198. The Morgan fingerprint density at radius 1 is 1.60 bits per heavy atom. The second-order valence-electron chi connectivity index (χ2n) is 6.40. The number of aliphatic hydroxyl groups is 1. The normalized spacial score (nSPS) is 26.8. The smallest absolute Gasteiger partial charge is 0.265 e. The molecule has 1 saturated heterocycles. The summed E-state index contributed by atoms with van der Waals surface area (Å²) in [5.74, 6) is 0.876. The summed E-state index contributed by atoms with van der Waals surface area (Å²) in [7, 11) is 0. The molecule has 0 spiro atoms. The number of nitrogens with zero attached hydrogens (tertiary/aromatic N) is 2.